The Labute approximate surface area is 61.7 Å². The van der Waals surface area contributed by atoms with E-state index in [-0.39, 0.29) is 0 Å². The Balaban J connectivity index is 2.91. The lowest BCUT2D eigenvalue weighted by atomic mass is 10.4. The smallest absolute Gasteiger partial charge is 0.207 e. The Morgan fingerprint density at radius 3 is 2.73 bits per heavy atom. The first kappa shape index (κ1) is 6.02. The molecule has 2 heterocycles. The zero-order valence-electron chi connectivity index (χ0n) is 5.76. The SMILES string of the molecule is Cc1ncnc2nnnnc12. The van der Waals surface area contributed by atoms with Gasteiger partial charge in [-0.15, -0.1) is 10.2 Å². The molecule has 0 aliphatic carbocycles. The van der Waals surface area contributed by atoms with Crippen molar-refractivity contribution in [2.45, 2.75) is 6.92 Å². The largest absolute Gasteiger partial charge is 0.239 e. The van der Waals surface area contributed by atoms with E-state index in [0.29, 0.717) is 11.2 Å². The fourth-order valence-electron chi connectivity index (χ4n) is 0.772. The molecule has 2 rings (SSSR count). The molecule has 6 heteroatoms. The monoisotopic (exact) mass is 148 g/mol. The highest BCUT2D eigenvalue weighted by Gasteiger charge is 2.00. The van der Waals surface area contributed by atoms with Crippen molar-refractivity contribution in [3.05, 3.63) is 12.0 Å². The molecule has 0 amide bonds. The first-order chi connectivity index (χ1) is 5.38. The maximum Gasteiger partial charge on any atom is 0.207 e. The molecule has 0 saturated heterocycles. The molecule has 2 aromatic heterocycles. The van der Waals surface area contributed by atoms with Gasteiger partial charge in [-0.1, -0.05) is 0 Å². The third-order valence-corrected chi connectivity index (χ3v) is 1.31. The van der Waals surface area contributed by atoms with Crippen LogP contribution < -0.4 is 0 Å². The molecule has 0 spiro atoms. The van der Waals surface area contributed by atoms with Gasteiger partial charge in [0.15, 0.2) is 5.52 Å². The molecule has 0 aliphatic heterocycles. The average molecular weight is 148 g/mol. The van der Waals surface area contributed by atoms with E-state index in [9.17, 15) is 0 Å². The maximum absolute atomic E-state index is 3.93. The average Bonchev–Trinajstić information content (AvgIpc) is 2.06. The summed E-state index contributed by atoms with van der Waals surface area (Å²) in [6.07, 6.45) is 1.42. The molecule has 6 nitrogen and oxygen atoms in total. The molecule has 0 saturated carbocycles. The van der Waals surface area contributed by atoms with Crippen LogP contribution in [0.5, 0.6) is 0 Å². The molecule has 0 bridgehead atoms. The Morgan fingerprint density at radius 2 is 1.91 bits per heavy atom. The lowest BCUT2D eigenvalue weighted by molar-refractivity contribution is 0.784. The molecule has 2 aromatic rings. The summed E-state index contributed by atoms with van der Waals surface area (Å²) in [6, 6.07) is 0. The van der Waals surface area contributed by atoms with E-state index in [1.165, 1.54) is 6.33 Å². The number of aryl methyl sites for hydroxylation is 1. The summed E-state index contributed by atoms with van der Waals surface area (Å²) in [7, 11) is 0. The van der Waals surface area contributed by atoms with Gasteiger partial charge in [0.25, 0.3) is 0 Å². The van der Waals surface area contributed by atoms with Gasteiger partial charge in [-0.3, -0.25) is 0 Å². The fourth-order valence-corrected chi connectivity index (χ4v) is 0.772. The first-order valence-electron chi connectivity index (χ1n) is 3.01. The second kappa shape index (κ2) is 2.15. The van der Waals surface area contributed by atoms with Gasteiger partial charge in [0.05, 0.1) is 5.69 Å². The van der Waals surface area contributed by atoms with Crippen molar-refractivity contribution in [3.8, 4) is 0 Å². The van der Waals surface area contributed by atoms with Crippen molar-refractivity contribution in [2.75, 3.05) is 0 Å². The van der Waals surface area contributed by atoms with Crippen molar-refractivity contribution >= 4 is 11.2 Å². The van der Waals surface area contributed by atoms with Gasteiger partial charge >= 0.3 is 0 Å². The molecular weight excluding hydrogens is 144 g/mol. The van der Waals surface area contributed by atoms with Gasteiger partial charge in [0, 0.05) is 0 Å². The van der Waals surface area contributed by atoms with Gasteiger partial charge in [-0.2, -0.15) is 0 Å². The summed E-state index contributed by atoms with van der Waals surface area (Å²) in [5.41, 5.74) is 1.84. The highest BCUT2D eigenvalue weighted by molar-refractivity contribution is 5.69. The Bertz CT molecular complexity index is 380. The standard InChI is InChI=1S/C5H4N6/c1-3-4-5(7-2-6-3)9-11-10-8-4/h2H,1H3. The highest BCUT2D eigenvalue weighted by atomic mass is 15.4. The van der Waals surface area contributed by atoms with Gasteiger partial charge in [0.1, 0.15) is 6.33 Å². The minimum Gasteiger partial charge on any atom is -0.239 e. The number of aromatic nitrogens is 6. The van der Waals surface area contributed by atoms with Crippen LogP contribution in [0.25, 0.3) is 11.2 Å². The number of hydrogen-bond donors (Lipinski definition) is 0. The Kier molecular flexibility index (Phi) is 1.18. The van der Waals surface area contributed by atoms with Crippen molar-refractivity contribution in [3.63, 3.8) is 0 Å². The second-order valence-corrected chi connectivity index (χ2v) is 2.01. The topological polar surface area (TPSA) is 77.3 Å². The normalized spacial score (nSPS) is 10.3. The van der Waals surface area contributed by atoms with E-state index in [1.54, 1.807) is 0 Å². The molecule has 0 N–H and O–H groups in total. The van der Waals surface area contributed by atoms with Crippen molar-refractivity contribution in [2.24, 2.45) is 0 Å². The van der Waals surface area contributed by atoms with Gasteiger partial charge < -0.3 is 0 Å². The summed E-state index contributed by atoms with van der Waals surface area (Å²) in [6.45, 7) is 1.82. The molecule has 0 unspecified atom stereocenters. The molecule has 0 aromatic carbocycles. The van der Waals surface area contributed by atoms with Crippen LogP contribution in [-0.4, -0.2) is 30.6 Å². The summed E-state index contributed by atoms with van der Waals surface area (Å²) in [4.78, 5) is 7.78. The predicted octanol–water partition coefficient (Wildman–Crippen LogP) is -0.482. The Morgan fingerprint density at radius 1 is 1.09 bits per heavy atom. The number of rotatable bonds is 0. The summed E-state index contributed by atoms with van der Waals surface area (Å²) < 4.78 is 0. The highest BCUT2D eigenvalue weighted by Crippen LogP contribution is 2.03. The Hall–Kier alpha value is -1.72. The predicted molar refractivity (Wildman–Crippen MR) is 35.5 cm³/mol. The number of fused-ring (bicyclic) bond motifs is 1. The van der Waals surface area contributed by atoms with E-state index in [4.69, 9.17) is 0 Å². The third-order valence-electron chi connectivity index (χ3n) is 1.31. The fraction of sp³-hybridized carbons (Fsp3) is 0.200. The van der Waals surface area contributed by atoms with E-state index in [0.717, 1.165) is 5.69 Å². The quantitative estimate of drug-likeness (QED) is 0.502. The number of nitrogens with zero attached hydrogens (tertiary/aromatic N) is 6. The lowest BCUT2D eigenvalue weighted by Gasteiger charge is -1.92. The van der Waals surface area contributed by atoms with Crippen molar-refractivity contribution < 1.29 is 0 Å². The van der Waals surface area contributed by atoms with E-state index >= 15 is 0 Å². The van der Waals surface area contributed by atoms with Crippen molar-refractivity contribution in [1.82, 2.24) is 30.6 Å². The zero-order valence-corrected chi connectivity index (χ0v) is 5.76. The summed E-state index contributed by atoms with van der Waals surface area (Å²) in [5.74, 6) is 0. The third kappa shape index (κ3) is 0.878. The van der Waals surface area contributed by atoms with Crippen molar-refractivity contribution in [1.29, 1.82) is 0 Å². The van der Waals surface area contributed by atoms with Crippen LogP contribution in [0.1, 0.15) is 5.69 Å². The van der Waals surface area contributed by atoms with Crippen LogP contribution in [0, 0.1) is 6.92 Å². The summed E-state index contributed by atoms with van der Waals surface area (Å²) in [5, 5.41) is 14.1. The van der Waals surface area contributed by atoms with Crippen LogP contribution in [-0.2, 0) is 0 Å². The molecular formula is C5H4N6. The van der Waals surface area contributed by atoms with Crippen LogP contribution >= 0.6 is 0 Å². The molecule has 11 heavy (non-hydrogen) atoms. The second-order valence-electron chi connectivity index (χ2n) is 2.01. The van der Waals surface area contributed by atoms with E-state index in [1.807, 2.05) is 6.92 Å². The molecule has 0 aliphatic rings. The maximum atomic E-state index is 3.93. The number of hydrogen-bond acceptors (Lipinski definition) is 6. The van der Waals surface area contributed by atoms with Crippen LogP contribution in [0.15, 0.2) is 6.33 Å². The lowest BCUT2D eigenvalue weighted by Crippen LogP contribution is -1.97. The molecule has 54 valence electrons. The molecule has 0 radical (unpaired) electrons. The minimum atomic E-state index is 0.479. The summed E-state index contributed by atoms with van der Waals surface area (Å²) >= 11 is 0. The van der Waals surface area contributed by atoms with Crippen LogP contribution in [0.4, 0.5) is 0 Å². The van der Waals surface area contributed by atoms with Gasteiger partial charge in [-0.25, -0.2) is 9.97 Å². The minimum absolute atomic E-state index is 0.479. The van der Waals surface area contributed by atoms with Crippen LogP contribution in [0.2, 0.25) is 0 Å². The van der Waals surface area contributed by atoms with Gasteiger partial charge in [-0.05, 0) is 17.4 Å². The van der Waals surface area contributed by atoms with Gasteiger partial charge in [0.2, 0.25) is 5.65 Å². The zero-order chi connectivity index (χ0) is 7.68. The molecule has 0 fully saturated rings. The van der Waals surface area contributed by atoms with E-state index < -0.39 is 0 Å². The van der Waals surface area contributed by atoms with Crippen LogP contribution in [0.3, 0.4) is 0 Å². The molecule has 0 atom stereocenters. The first-order valence-corrected chi connectivity index (χ1v) is 3.01. The van der Waals surface area contributed by atoms with E-state index in [2.05, 4.69) is 30.6 Å².